The minimum atomic E-state index is 0.674. The molecular formula is C15H21BrClN. The highest BCUT2D eigenvalue weighted by atomic mass is 79.9. The van der Waals surface area contributed by atoms with E-state index in [2.05, 4.69) is 46.9 Å². The van der Waals surface area contributed by atoms with Gasteiger partial charge in [-0.3, -0.25) is 0 Å². The Bertz CT molecular complexity index is 407. The molecule has 1 saturated carbocycles. The predicted octanol–water partition coefficient (Wildman–Crippen LogP) is 5.25. The zero-order chi connectivity index (χ0) is 13.1. The van der Waals surface area contributed by atoms with E-state index in [0.717, 1.165) is 16.3 Å². The lowest BCUT2D eigenvalue weighted by Gasteiger charge is -2.36. The van der Waals surface area contributed by atoms with Crippen LogP contribution in [-0.2, 0) is 5.33 Å². The number of anilines is 1. The highest BCUT2D eigenvalue weighted by Crippen LogP contribution is 2.32. The monoisotopic (exact) mass is 329 g/mol. The van der Waals surface area contributed by atoms with Crippen LogP contribution in [0.2, 0.25) is 5.02 Å². The lowest BCUT2D eigenvalue weighted by Crippen LogP contribution is -2.36. The van der Waals surface area contributed by atoms with E-state index in [4.69, 9.17) is 11.6 Å². The van der Waals surface area contributed by atoms with Gasteiger partial charge in [0.05, 0.1) is 0 Å². The Labute approximate surface area is 124 Å². The van der Waals surface area contributed by atoms with Crippen molar-refractivity contribution in [1.29, 1.82) is 0 Å². The molecule has 1 aromatic carbocycles. The summed E-state index contributed by atoms with van der Waals surface area (Å²) in [4.78, 5) is 2.45. The molecule has 3 heteroatoms. The summed E-state index contributed by atoms with van der Waals surface area (Å²) in [5, 5.41) is 1.67. The molecule has 0 amide bonds. The number of benzene rings is 1. The molecule has 0 saturated heterocycles. The van der Waals surface area contributed by atoms with Crippen molar-refractivity contribution >= 4 is 33.2 Å². The average Bonchev–Trinajstić information content (AvgIpc) is 2.37. The van der Waals surface area contributed by atoms with Gasteiger partial charge in [-0.15, -0.1) is 0 Å². The largest absolute Gasteiger partial charge is 0.371 e. The summed E-state index contributed by atoms with van der Waals surface area (Å²) < 4.78 is 0. The van der Waals surface area contributed by atoms with Crippen molar-refractivity contribution in [1.82, 2.24) is 0 Å². The minimum Gasteiger partial charge on any atom is -0.371 e. The maximum absolute atomic E-state index is 6.07. The first kappa shape index (κ1) is 14.2. The van der Waals surface area contributed by atoms with Crippen LogP contribution in [0.15, 0.2) is 18.2 Å². The summed E-state index contributed by atoms with van der Waals surface area (Å²) in [6.45, 7) is 2.37. The second-order valence-corrected chi connectivity index (χ2v) is 6.44. The van der Waals surface area contributed by atoms with Gasteiger partial charge < -0.3 is 4.90 Å². The van der Waals surface area contributed by atoms with Crippen molar-refractivity contribution in [2.75, 3.05) is 11.9 Å². The first-order valence-corrected chi connectivity index (χ1v) is 8.19. The van der Waals surface area contributed by atoms with E-state index >= 15 is 0 Å². The van der Waals surface area contributed by atoms with E-state index in [1.165, 1.54) is 36.9 Å². The summed E-state index contributed by atoms with van der Waals surface area (Å²) in [6, 6.07) is 6.88. The van der Waals surface area contributed by atoms with Crippen molar-refractivity contribution in [3.8, 4) is 0 Å². The molecule has 0 aromatic heterocycles. The summed E-state index contributed by atoms with van der Waals surface area (Å²) in [6.07, 6.45) is 5.36. The van der Waals surface area contributed by atoms with Crippen LogP contribution >= 0.6 is 27.5 Å². The van der Waals surface area contributed by atoms with Crippen molar-refractivity contribution in [2.45, 2.75) is 44.0 Å². The fourth-order valence-electron chi connectivity index (χ4n) is 2.96. The predicted molar refractivity (Wildman–Crippen MR) is 83.9 cm³/mol. The summed E-state index contributed by atoms with van der Waals surface area (Å²) in [5.74, 6) is 0.853. The van der Waals surface area contributed by atoms with E-state index in [1.807, 2.05) is 6.07 Å². The number of hydrogen-bond acceptors (Lipinski definition) is 1. The van der Waals surface area contributed by atoms with Crippen molar-refractivity contribution < 1.29 is 0 Å². The lowest BCUT2D eigenvalue weighted by molar-refractivity contribution is 0.336. The topological polar surface area (TPSA) is 3.24 Å². The zero-order valence-corrected chi connectivity index (χ0v) is 13.5. The van der Waals surface area contributed by atoms with E-state index < -0.39 is 0 Å². The Morgan fingerprint density at radius 2 is 2.17 bits per heavy atom. The molecule has 1 aromatic rings. The molecule has 0 heterocycles. The van der Waals surface area contributed by atoms with Crippen LogP contribution in [0.5, 0.6) is 0 Å². The quantitative estimate of drug-likeness (QED) is 0.684. The van der Waals surface area contributed by atoms with Gasteiger partial charge in [0, 0.05) is 29.1 Å². The highest BCUT2D eigenvalue weighted by Gasteiger charge is 2.23. The van der Waals surface area contributed by atoms with Crippen LogP contribution in [0.25, 0.3) is 0 Å². The second-order valence-electron chi connectivity index (χ2n) is 5.44. The summed E-state index contributed by atoms with van der Waals surface area (Å²) in [7, 11) is 2.22. The van der Waals surface area contributed by atoms with Crippen molar-refractivity contribution in [3.05, 3.63) is 28.8 Å². The first-order chi connectivity index (χ1) is 8.61. The van der Waals surface area contributed by atoms with Crippen molar-refractivity contribution in [2.24, 2.45) is 5.92 Å². The van der Waals surface area contributed by atoms with Crippen LogP contribution < -0.4 is 4.90 Å². The highest BCUT2D eigenvalue weighted by molar-refractivity contribution is 9.08. The maximum Gasteiger partial charge on any atom is 0.0410 e. The molecule has 18 heavy (non-hydrogen) atoms. The average molecular weight is 331 g/mol. The normalized spacial score (nSPS) is 24.0. The molecule has 1 aliphatic rings. The molecule has 1 aliphatic carbocycles. The fraction of sp³-hybridized carbons (Fsp3) is 0.600. The number of alkyl halides is 1. The standard InChI is InChI=1S/C15H21BrClN/c1-11-4-3-5-14(8-11)18(2)15-7-6-13(17)9-12(15)10-16/h6-7,9,11,14H,3-5,8,10H2,1-2H3. The lowest BCUT2D eigenvalue weighted by atomic mass is 9.86. The molecule has 1 nitrogen and oxygen atoms in total. The zero-order valence-electron chi connectivity index (χ0n) is 11.1. The van der Waals surface area contributed by atoms with Crippen LogP contribution in [0.3, 0.4) is 0 Å². The molecule has 2 rings (SSSR count). The second kappa shape index (κ2) is 6.29. The number of nitrogens with zero attached hydrogens (tertiary/aromatic N) is 1. The van der Waals surface area contributed by atoms with E-state index in [0.29, 0.717) is 6.04 Å². The van der Waals surface area contributed by atoms with E-state index in [1.54, 1.807) is 0 Å². The van der Waals surface area contributed by atoms with Crippen molar-refractivity contribution in [3.63, 3.8) is 0 Å². The molecule has 0 radical (unpaired) electrons. The Balaban J connectivity index is 2.19. The molecule has 0 N–H and O–H groups in total. The fourth-order valence-corrected chi connectivity index (χ4v) is 3.60. The van der Waals surface area contributed by atoms with Crippen LogP contribution in [0, 0.1) is 5.92 Å². The van der Waals surface area contributed by atoms with Gasteiger partial charge in [-0.1, -0.05) is 47.3 Å². The Kier molecular flexibility index (Phi) is 4.97. The minimum absolute atomic E-state index is 0.674. The molecule has 100 valence electrons. The van der Waals surface area contributed by atoms with E-state index in [9.17, 15) is 0 Å². The molecular weight excluding hydrogens is 310 g/mol. The Morgan fingerprint density at radius 3 is 2.83 bits per heavy atom. The third-order valence-electron chi connectivity index (χ3n) is 4.02. The molecule has 1 fully saturated rings. The maximum atomic E-state index is 6.07. The van der Waals surface area contributed by atoms with Gasteiger partial charge in [-0.2, -0.15) is 0 Å². The molecule has 0 spiro atoms. The Hall–Kier alpha value is -0.210. The molecule has 0 bridgehead atoms. The van der Waals surface area contributed by atoms with Crippen LogP contribution in [0.4, 0.5) is 5.69 Å². The third kappa shape index (κ3) is 3.21. The molecule has 2 unspecified atom stereocenters. The smallest absolute Gasteiger partial charge is 0.0410 e. The number of halogens is 2. The van der Waals surface area contributed by atoms with Gasteiger partial charge in [0.25, 0.3) is 0 Å². The van der Waals surface area contributed by atoms with Crippen LogP contribution in [0.1, 0.15) is 38.2 Å². The van der Waals surface area contributed by atoms with Gasteiger partial charge in [0.15, 0.2) is 0 Å². The third-order valence-corrected chi connectivity index (χ3v) is 4.86. The van der Waals surface area contributed by atoms with Gasteiger partial charge in [0.1, 0.15) is 0 Å². The van der Waals surface area contributed by atoms with Crippen LogP contribution in [-0.4, -0.2) is 13.1 Å². The summed E-state index contributed by atoms with van der Waals surface area (Å²) >= 11 is 9.63. The summed E-state index contributed by atoms with van der Waals surface area (Å²) in [5.41, 5.74) is 2.60. The number of rotatable bonds is 3. The van der Waals surface area contributed by atoms with Gasteiger partial charge in [0.2, 0.25) is 0 Å². The number of hydrogen-bond donors (Lipinski definition) is 0. The SMILES string of the molecule is CC1CCCC(N(C)c2ccc(Cl)cc2CBr)C1. The van der Waals surface area contributed by atoms with Gasteiger partial charge in [-0.25, -0.2) is 0 Å². The van der Waals surface area contributed by atoms with E-state index in [-0.39, 0.29) is 0 Å². The molecule has 2 atom stereocenters. The van der Waals surface area contributed by atoms with Gasteiger partial charge >= 0.3 is 0 Å². The first-order valence-electron chi connectivity index (χ1n) is 6.69. The van der Waals surface area contributed by atoms with Gasteiger partial charge in [-0.05, 0) is 42.5 Å². The Morgan fingerprint density at radius 1 is 1.39 bits per heavy atom. The molecule has 0 aliphatic heterocycles.